The summed E-state index contributed by atoms with van der Waals surface area (Å²) in [6, 6.07) is 0. The molecule has 5 saturated carbocycles. The Labute approximate surface area is 150 Å². The molecule has 5 aliphatic carbocycles. The van der Waals surface area contributed by atoms with Crippen LogP contribution in [-0.2, 0) is 0 Å². The highest BCUT2D eigenvalue weighted by atomic mass is 14.5. The van der Waals surface area contributed by atoms with Gasteiger partial charge in [0.1, 0.15) is 0 Å². The molecule has 0 radical (unpaired) electrons. The normalized spacial score (nSPS) is 46.5. The van der Waals surface area contributed by atoms with Gasteiger partial charge in [-0.25, -0.2) is 0 Å². The molecule has 0 nitrogen and oxygen atoms in total. The average molecular weight is 329 g/mol. The maximum absolute atomic E-state index is 1.65. The molecule has 0 aromatic rings. The molecule has 0 amide bonds. The summed E-state index contributed by atoms with van der Waals surface area (Å²) in [6.45, 7) is 0. The topological polar surface area (TPSA) is 0 Å². The molecule has 0 bridgehead atoms. The third-order valence-electron chi connectivity index (χ3n) is 9.37. The molecule has 24 heavy (non-hydrogen) atoms. The van der Waals surface area contributed by atoms with Crippen molar-refractivity contribution in [1.82, 2.24) is 0 Å². The van der Waals surface area contributed by atoms with Gasteiger partial charge < -0.3 is 0 Å². The molecule has 5 fully saturated rings. The van der Waals surface area contributed by atoms with Crippen LogP contribution in [0.5, 0.6) is 0 Å². The minimum Gasteiger partial charge on any atom is -0.0530 e. The second-order valence-electron chi connectivity index (χ2n) is 11.0. The third kappa shape index (κ3) is 3.33. The first-order chi connectivity index (χ1) is 11.8. The zero-order chi connectivity index (χ0) is 15.9. The van der Waals surface area contributed by atoms with E-state index < -0.39 is 0 Å². The summed E-state index contributed by atoms with van der Waals surface area (Å²) in [7, 11) is 0. The van der Waals surface area contributed by atoms with Gasteiger partial charge in [-0.05, 0) is 98.7 Å². The SMILES string of the molecule is C1CCC(CC2CC3CC4CC(CC5CCCC5)CC4CC3C2)C1. The van der Waals surface area contributed by atoms with Crippen molar-refractivity contribution in [3.05, 3.63) is 0 Å². The number of hydrogen-bond donors (Lipinski definition) is 0. The van der Waals surface area contributed by atoms with Crippen molar-refractivity contribution in [1.29, 1.82) is 0 Å². The second-order valence-corrected chi connectivity index (χ2v) is 11.0. The van der Waals surface area contributed by atoms with Gasteiger partial charge in [0, 0.05) is 0 Å². The summed E-state index contributed by atoms with van der Waals surface area (Å²) in [5.74, 6) is 9.15. The van der Waals surface area contributed by atoms with Gasteiger partial charge in [0.05, 0.1) is 0 Å². The van der Waals surface area contributed by atoms with Crippen LogP contribution < -0.4 is 0 Å². The predicted octanol–water partition coefficient (Wildman–Crippen LogP) is 7.23. The first-order valence-corrected chi connectivity index (χ1v) is 11.8. The summed E-state index contributed by atoms with van der Waals surface area (Å²) in [4.78, 5) is 0. The van der Waals surface area contributed by atoms with E-state index in [0.717, 1.165) is 47.3 Å². The zero-order valence-corrected chi connectivity index (χ0v) is 15.9. The fraction of sp³-hybridized carbons (Fsp3) is 1.00. The molecule has 0 heteroatoms. The van der Waals surface area contributed by atoms with Gasteiger partial charge in [-0.1, -0.05) is 51.4 Å². The Kier molecular flexibility index (Phi) is 4.69. The van der Waals surface area contributed by atoms with E-state index in [-0.39, 0.29) is 0 Å². The molecule has 0 aromatic heterocycles. The van der Waals surface area contributed by atoms with Crippen LogP contribution in [-0.4, -0.2) is 0 Å². The maximum atomic E-state index is 1.65. The minimum absolute atomic E-state index is 1.13. The molecular weight excluding hydrogens is 288 g/mol. The molecule has 5 rings (SSSR count). The van der Waals surface area contributed by atoms with Gasteiger partial charge >= 0.3 is 0 Å². The van der Waals surface area contributed by atoms with Crippen LogP contribution in [0.4, 0.5) is 0 Å². The monoisotopic (exact) mass is 328 g/mol. The second kappa shape index (κ2) is 6.96. The lowest BCUT2D eigenvalue weighted by molar-refractivity contribution is 0.157. The largest absolute Gasteiger partial charge is 0.0530 e. The first-order valence-electron chi connectivity index (χ1n) is 11.8. The van der Waals surface area contributed by atoms with E-state index in [1.54, 1.807) is 77.0 Å². The fourth-order valence-electron chi connectivity index (χ4n) is 8.43. The van der Waals surface area contributed by atoms with Crippen LogP contribution in [0.2, 0.25) is 0 Å². The van der Waals surface area contributed by atoms with Crippen LogP contribution in [0.3, 0.4) is 0 Å². The van der Waals surface area contributed by atoms with Gasteiger partial charge in [-0.3, -0.25) is 0 Å². The minimum atomic E-state index is 1.13. The maximum Gasteiger partial charge on any atom is -0.0380 e. The van der Waals surface area contributed by atoms with Crippen molar-refractivity contribution in [3.8, 4) is 0 Å². The Balaban J connectivity index is 1.13. The lowest BCUT2D eigenvalue weighted by atomic mass is 9.71. The lowest BCUT2D eigenvalue weighted by Gasteiger charge is -2.34. The van der Waals surface area contributed by atoms with Gasteiger partial charge in [-0.15, -0.1) is 0 Å². The van der Waals surface area contributed by atoms with Crippen molar-refractivity contribution in [2.45, 2.75) is 103 Å². The highest BCUT2D eigenvalue weighted by molar-refractivity contribution is 4.97. The predicted molar refractivity (Wildman–Crippen MR) is 102 cm³/mol. The van der Waals surface area contributed by atoms with Crippen LogP contribution in [0.25, 0.3) is 0 Å². The summed E-state index contributed by atoms with van der Waals surface area (Å²) in [5.41, 5.74) is 0. The summed E-state index contributed by atoms with van der Waals surface area (Å²) in [6.07, 6.45) is 25.5. The van der Waals surface area contributed by atoms with E-state index in [9.17, 15) is 0 Å². The molecule has 0 N–H and O–H groups in total. The standard InChI is InChI=1S/C24H40/c1-2-6-17(5-1)9-19-11-21-15-23-13-20(10-18-7-3-4-8-18)14-24(23)16-22(21)12-19/h17-24H,1-16H2. The molecular formula is C24H40. The fourth-order valence-corrected chi connectivity index (χ4v) is 8.43. The molecule has 4 atom stereocenters. The van der Waals surface area contributed by atoms with Gasteiger partial charge in [0.2, 0.25) is 0 Å². The molecule has 4 unspecified atom stereocenters. The zero-order valence-electron chi connectivity index (χ0n) is 15.9. The van der Waals surface area contributed by atoms with E-state index in [1.807, 2.05) is 0 Å². The molecule has 136 valence electrons. The van der Waals surface area contributed by atoms with Crippen molar-refractivity contribution in [2.24, 2.45) is 47.3 Å². The van der Waals surface area contributed by atoms with E-state index in [4.69, 9.17) is 0 Å². The van der Waals surface area contributed by atoms with E-state index in [0.29, 0.717) is 0 Å². The van der Waals surface area contributed by atoms with Crippen LogP contribution >= 0.6 is 0 Å². The highest BCUT2D eigenvalue weighted by Crippen LogP contribution is 2.57. The van der Waals surface area contributed by atoms with Crippen LogP contribution in [0.15, 0.2) is 0 Å². The molecule has 0 saturated heterocycles. The van der Waals surface area contributed by atoms with Gasteiger partial charge in [0.25, 0.3) is 0 Å². The lowest BCUT2D eigenvalue weighted by Crippen LogP contribution is -2.25. The number of hydrogen-bond acceptors (Lipinski definition) is 0. The van der Waals surface area contributed by atoms with E-state index in [1.165, 1.54) is 25.7 Å². The Morgan fingerprint density at radius 1 is 0.375 bits per heavy atom. The van der Waals surface area contributed by atoms with Crippen LogP contribution in [0, 0.1) is 47.3 Å². The molecule has 5 aliphatic rings. The molecule has 0 aromatic carbocycles. The van der Waals surface area contributed by atoms with Crippen molar-refractivity contribution in [2.75, 3.05) is 0 Å². The Morgan fingerprint density at radius 2 is 0.708 bits per heavy atom. The first kappa shape index (κ1) is 16.2. The Bertz CT molecular complexity index is 354. The van der Waals surface area contributed by atoms with Crippen molar-refractivity contribution < 1.29 is 0 Å². The quantitative estimate of drug-likeness (QED) is 0.511. The summed E-state index contributed by atoms with van der Waals surface area (Å²) < 4.78 is 0. The summed E-state index contributed by atoms with van der Waals surface area (Å²) >= 11 is 0. The number of rotatable bonds is 4. The summed E-state index contributed by atoms with van der Waals surface area (Å²) in [5, 5.41) is 0. The van der Waals surface area contributed by atoms with Crippen molar-refractivity contribution >= 4 is 0 Å². The van der Waals surface area contributed by atoms with E-state index >= 15 is 0 Å². The third-order valence-corrected chi connectivity index (χ3v) is 9.37. The Hall–Kier alpha value is 0. The highest BCUT2D eigenvalue weighted by Gasteiger charge is 2.46. The Morgan fingerprint density at radius 3 is 1.04 bits per heavy atom. The van der Waals surface area contributed by atoms with E-state index in [2.05, 4.69) is 0 Å². The molecule has 0 heterocycles. The van der Waals surface area contributed by atoms with Crippen molar-refractivity contribution in [3.63, 3.8) is 0 Å². The van der Waals surface area contributed by atoms with Crippen LogP contribution in [0.1, 0.15) is 103 Å². The van der Waals surface area contributed by atoms with Gasteiger partial charge in [0.15, 0.2) is 0 Å². The molecule has 0 spiro atoms. The average Bonchev–Trinajstić information content (AvgIpc) is 3.31. The molecule has 0 aliphatic heterocycles. The smallest absolute Gasteiger partial charge is 0.0380 e. The number of fused-ring (bicyclic) bond motifs is 2. The van der Waals surface area contributed by atoms with Gasteiger partial charge in [-0.2, -0.15) is 0 Å².